The van der Waals surface area contributed by atoms with Crippen molar-refractivity contribution in [3.8, 4) is 0 Å². The van der Waals surface area contributed by atoms with Crippen molar-refractivity contribution in [1.29, 1.82) is 0 Å². The average Bonchev–Trinajstić information content (AvgIpc) is 3.56. The van der Waals surface area contributed by atoms with E-state index in [0.29, 0.717) is 33.8 Å². The predicted molar refractivity (Wildman–Crippen MR) is 180 cm³/mol. The smallest absolute Gasteiger partial charge is 0.328 e. The number of nitrogens with one attached hydrogen (secondary N) is 4. The number of anilines is 1. The molecule has 0 radical (unpaired) electrons. The lowest BCUT2D eigenvalue weighted by atomic mass is 10.0. The summed E-state index contributed by atoms with van der Waals surface area (Å²) in [5.41, 5.74) is 5.18. The van der Waals surface area contributed by atoms with Gasteiger partial charge in [0.1, 0.15) is 12.1 Å². The number of ether oxygens (including phenoxy) is 2. The number of carbonyl (C=O) groups excluding carboxylic acids is 5. The lowest BCUT2D eigenvalue weighted by Crippen LogP contribution is -2.43. The summed E-state index contributed by atoms with van der Waals surface area (Å²) in [6, 6.07) is 21.5. The third-order valence-corrected chi connectivity index (χ3v) is 8.20. The van der Waals surface area contributed by atoms with E-state index in [9.17, 15) is 24.0 Å². The summed E-state index contributed by atoms with van der Waals surface area (Å²) in [5, 5.41) is 8.36. The number of carbonyl (C=O) groups is 5. The molecule has 0 saturated heterocycles. The Kier molecular flexibility index (Phi) is 10.2. The molecule has 0 spiro atoms. The molecular weight excluding hydrogens is 612 g/mol. The molecule has 0 bridgehead atoms. The van der Waals surface area contributed by atoms with E-state index in [2.05, 4.69) is 20.9 Å². The third-order valence-electron chi connectivity index (χ3n) is 8.20. The molecule has 2 heterocycles. The van der Waals surface area contributed by atoms with Crippen molar-refractivity contribution in [1.82, 2.24) is 15.6 Å². The summed E-state index contributed by atoms with van der Waals surface area (Å²) in [6.45, 7) is 3.47. The third kappa shape index (κ3) is 7.36. The van der Waals surface area contributed by atoms with E-state index < -0.39 is 35.8 Å². The number of amides is 3. The van der Waals surface area contributed by atoms with Gasteiger partial charge in [-0.3, -0.25) is 14.4 Å². The molecule has 3 aromatic carbocycles. The highest BCUT2D eigenvalue weighted by molar-refractivity contribution is 6.35. The second-order valence-electron chi connectivity index (χ2n) is 11.4. The van der Waals surface area contributed by atoms with Crippen LogP contribution in [0.25, 0.3) is 11.6 Å². The average molecular weight is 649 g/mol. The quantitative estimate of drug-likeness (QED) is 0.141. The Morgan fingerprint density at radius 1 is 0.771 bits per heavy atom. The van der Waals surface area contributed by atoms with Crippen LogP contribution in [0.15, 0.2) is 78.9 Å². The van der Waals surface area contributed by atoms with E-state index >= 15 is 0 Å². The number of hydrogen-bond donors (Lipinski definition) is 4. The maximum atomic E-state index is 13.5. The van der Waals surface area contributed by atoms with E-state index in [1.807, 2.05) is 60.7 Å². The summed E-state index contributed by atoms with van der Waals surface area (Å²) in [5.74, 6) is -2.52. The number of aromatic nitrogens is 1. The number of fused-ring (bicyclic) bond motifs is 1. The van der Waals surface area contributed by atoms with Gasteiger partial charge in [0.25, 0.3) is 17.7 Å². The van der Waals surface area contributed by atoms with Crippen LogP contribution in [0.4, 0.5) is 5.69 Å². The van der Waals surface area contributed by atoms with Gasteiger partial charge < -0.3 is 30.4 Å². The first-order valence-corrected chi connectivity index (χ1v) is 15.3. The van der Waals surface area contributed by atoms with Gasteiger partial charge in [-0.05, 0) is 54.8 Å². The van der Waals surface area contributed by atoms with Gasteiger partial charge in [0.2, 0.25) is 0 Å². The standard InChI is InChI=1S/C37H36N4O7/c1-21-29(38-22(2)32(21)35(44)41-31(37(46)48-4)18-24-13-9-6-10-14-24)20-27-26-19-25(15-16-28(26)39-34(27)43)33(42)40-30(36(45)47-3)17-23-11-7-5-8-12-23/h5-16,19-20,30-31,38H,17-18H2,1-4H3,(H,39,43)(H,40,42)(H,41,44)/b27-20-/t30-,31+/m1/s1. The van der Waals surface area contributed by atoms with Gasteiger partial charge in [0.15, 0.2) is 0 Å². The first-order chi connectivity index (χ1) is 23.1. The number of aryl methyl sites for hydroxylation is 1. The predicted octanol–water partition coefficient (Wildman–Crippen LogP) is 4.15. The molecule has 0 fully saturated rings. The van der Waals surface area contributed by atoms with Crippen molar-refractivity contribution in [2.75, 3.05) is 19.5 Å². The van der Waals surface area contributed by atoms with Crippen LogP contribution in [0, 0.1) is 13.8 Å². The lowest BCUT2D eigenvalue weighted by Gasteiger charge is -2.17. The van der Waals surface area contributed by atoms with Gasteiger partial charge >= 0.3 is 11.9 Å². The SMILES string of the molecule is COC(=O)[C@H](Cc1ccccc1)NC(=O)c1c(C)[nH]c(/C=C2\C(=O)Nc3ccc(C(=O)N[C@H](Cc4ccccc4)C(=O)OC)cc32)c1C. The molecule has 246 valence electrons. The van der Waals surface area contributed by atoms with Crippen LogP contribution >= 0.6 is 0 Å². The highest BCUT2D eigenvalue weighted by Gasteiger charge is 2.29. The summed E-state index contributed by atoms with van der Waals surface area (Å²) < 4.78 is 9.87. The van der Waals surface area contributed by atoms with Gasteiger partial charge in [0, 0.05) is 41.0 Å². The lowest BCUT2D eigenvalue weighted by molar-refractivity contribution is -0.143. The van der Waals surface area contributed by atoms with Gasteiger partial charge in [-0.25, -0.2) is 9.59 Å². The van der Waals surface area contributed by atoms with Gasteiger partial charge in [0.05, 0.1) is 25.4 Å². The largest absolute Gasteiger partial charge is 0.467 e. The maximum absolute atomic E-state index is 13.5. The van der Waals surface area contributed by atoms with Crippen molar-refractivity contribution in [2.45, 2.75) is 38.8 Å². The van der Waals surface area contributed by atoms with E-state index in [1.54, 1.807) is 38.1 Å². The summed E-state index contributed by atoms with van der Waals surface area (Å²) in [6.07, 6.45) is 2.11. The van der Waals surface area contributed by atoms with Crippen molar-refractivity contribution in [3.05, 3.63) is 124 Å². The van der Waals surface area contributed by atoms with Gasteiger partial charge in [-0.2, -0.15) is 0 Å². The molecular formula is C37H36N4O7. The van der Waals surface area contributed by atoms with Gasteiger partial charge in [-0.1, -0.05) is 60.7 Å². The Bertz CT molecular complexity index is 1900. The molecule has 1 aliphatic heterocycles. The first-order valence-electron chi connectivity index (χ1n) is 15.3. The fraction of sp³-hybridized carbons (Fsp3) is 0.216. The minimum Gasteiger partial charge on any atom is -0.467 e. The van der Waals surface area contributed by atoms with E-state index in [0.717, 1.165) is 11.1 Å². The van der Waals surface area contributed by atoms with Gasteiger partial charge in [-0.15, -0.1) is 0 Å². The number of rotatable bonds is 11. The van der Waals surface area contributed by atoms with E-state index in [-0.39, 0.29) is 29.9 Å². The van der Waals surface area contributed by atoms with E-state index in [1.165, 1.54) is 14.2 Å². The first kappa shape index (κ1) is 33.4. The Morgan fingerprint density at radius 3 is 1.85 bits per heavy atom. The number of benzene rings is 3. The van der Waals surface area contributed by atoms with Crippen LogP contribution < -0.4 is 16.0 Å². The highest BCUT2D eigenvalue weighted by Crippen LogP contribution is 2.35. The van der Waals surface area contributed by atoms with Crippen LogP contribution in [-0.2, 0) is 36.7 Å². The molecule has 5 rings (SSSR count). The molecule has 3 amide bonds. The fourth-order valence-corrected chi connectivity index (χ4v) is 5.72. The van der Waals surface area contributed by atoms with Crippen molar-refractivity contribution in [2.24, 2.45) is 0 Å². The molecule has 4 aromatic rings. The number of esters is 2. The highest BCUT2D eigenvalue weighted by atomic mass is 16.5. The second-order valence-corrected chi connectivity index (χ2v) is 11.4. The number of hydrogen-bond acceptors (Lipinski definition) is 7. The van der Waals surface area contributed by atoms with Crippen LogP contribution in [0.2, 0.25) is 0 Å². The molecule has 11 nitrogen and oxygen atoms in total. The Hall–Kier alpha value is -5.97. The Labute approximate surface area is 277 Å². The molecule has 1 aromatic heterocycles. The molecule has 0 unspecified atom stereocenters. The summed E-state index contributed by atoms with van der Waals surface area (Å²) >= 11 is 0. The molecule has 4 N–H and O–H groups in total. The van der Waals surface area contributed by atoms with Crippen LogP contribution in [0.5, 0.6) is 0 Å². The molecule has 0 aliphatic carbocycles. The molecule has 48 heavy (non-hydrogen) atoms. The summed E-state index contributed by atoms with van der Waals surface area (Å²) in [4.78, 5) is 68.2. The van der Waals surface area contributed by atoms with Crippen LogP contribution in [-0.4, -0.2) is 60.9 Å². The van der Waals surface area contributed by atoms with Crippen molar-refractivity contribution < 1.29 is 33.4 Å². The number of H-pyrrole nitrogens is 1. The van der Waals surface area contributed by atoms with Crippen molar-refractivity contribution >= 4 is 47.0 Å². The normalized spacial score (nSPS) is 14.0. The van der Waals surface area contributed by atoms with Crippen LogP contribution in [0.3, 0.4) is 0 Å². The van der Waals surface area contributed by atoms with Crippen molar-refractivity contribution in [3.63, 3.8) is 0 Å². The Morgan fingerprint density at radius 2 is 1.31 bits per heavy atom. The fourth-order valence-electron chi connectivity index (χ4n) is 5.72. The minimum absolute atomic E-state index is 0.239. The molecule has 0 saturated carbocycles. The molecule has 2 atom stereocenters. The minimum atomic E-state index is -0.923. The zero-order valence-electron chi connectivity index (χ0n) is 27.0. The van der Waals surface area contributed by atoms with E-state index in [4.69, 9.17) is 9.47 Å². The zero-order valence-corrected chi connectivity index (χ0v) is 27.0. The summed E-state index contributed by atoms with van der Waals surface area (Å²) in [7, 11) is 2.53. The maximum Gasteiger partial charge on any atom is 0.328 e. The topological polar surface area (TPSA) is 156 Å². The number of aromatic amines is 1. The van der Waals surface area contributed by atoms with Crippen LogP contribution in [0.1, 0.15) is 54.4 Å². The zero-order chi connectivity index (χ0) is 34.4. The molecule has 11 heteroatoms. The monoisotopic (exact) mass is 648 g/mol. The second kappa shape index (κ2) is 14.6. The number of methoxy groups -OCH3 is 2. The molecule has 1 aliphatic rings. The Balaban J connectivity index is 1.38.